The van der Waals surface area contributed by atoms with Crippen LogP contribution in [0.2, 0.25) is 0 Å². The van der Waals surface area contributed by atoms with Crippen molar-refractivity contribution in [2.24, 2.45) is 0 Å². The van der Waals surface area contributed by atoms with E-state index in [1.807, 2.05) is 27.2 Å². The van der Waals surface area contributed by atoms with Crippen LogP contribution in [0.4, 0.5) is 0 Å². The maximum atomic E-state index is 13.0. The molecule has 8 nitrogen and oxygen atoms in total. The Morgan fingerprint density at radius 2 is 0.841 bits per heavy atom. The molecule has 0 saturated heterocycles. The zero-order valence-electron chi connectivity index (χ0n) is 42.8. The van der Waals surface area contributed by atoms with Gasteiger partial charge in [0.1, 0.15) is 13.2 Å². The zero-order valence-corrected chi connectivity index (χ0v) is 43.7. The molecular formula is C54H110N2O6P+. The van der Waals surface area contributed by atoms with E-state index >= 15 is 0 Å². The lowest BCUT2D eigenvalue weighted by molar-refractivity contribution is -0.870. The van der Waals surface area contributed by atoms with Gasteiger partial charge in [-0.2, -0.15) is 0 Å². The molecule has 0 aliphatic rings. The monoisotopic (exact) mass is 914 g/mol. The summed E-state index contributed by atoms with van der Waals surface area (Å²) in [7, 11) is 1.59. The topological polar surface area (TPSA) is 105 Å². The lowest BCUT2D eigenvalue weighted by Crippen LogP contribution is -2.45. The molecule has 0 bridgehead atoms. The number of carbonyl (C=O) groups excluding carboxylic acids is 1. The lowest BCUT2D eigenvalue weighted by Gasteiger charge is -2.25. The number of allylic oxidation sites excluding steroid dienone is 1. The third-order valence-corrected chi connectivity index (χ3v) is 13.7. The molecule has 376 valence electrons. The van der Waals surface area contributed by atoms with Crippen molar-refractivity contribution in [3.8, 4) is 0 Å². The van der Waals surface area contributed by atoms with E-state index in [4.69, 9.17) is 9.05 Å². The standard InChI is InChI=1S/C54H109N2O6P/c1-6-8-10-12-14-16-18-20-22-24-25-26-27-28-29-30-31-32-34-36-38-40-42-44-46-48-54(58)55-52(51-62-63(59,60)61-50-49-56(3,4)5)53(57)47-45-43-41-39-37-35-33-23-21-19-17-15-13-11-9-7-2/h45,47,52-53,57H,6-44,46,48-51H2,1-5H3,(H-,55,58,59,60)/p+1/b47-45+. The SMILES string of the molecule is CCCCCCCCCCCCCCCC/C=C/C(O)C(COP(=O)(O)OCC[N+](C)(C)C)NC(=O)CCCCCCCCCCCCCCCCCCCCCCCCCCC. The summed E-state index contributed by atoms with van der Waals surface area (Å²) in [5.74, 6) is -0.171. The number of hydrogen-bond acceptors (Lipinski definition) is 5. The molecule has 0 radical (unpaired) electrons. The number of nitrogens with one attached hydrogen (secondary N) is 1. The van der Waals surface area contributed by atoms with Crippen molar-refractivity contribution in [2.75, 3.05) is 40.9 Å². The zero-order chi connectivity index (χ0) is 46.4. The second-order valence-electron chi connectivity index (χ2n) is 20.3. The van der Waals surface area contributed by atoms with Crippen LogP contribution in [0.25, 0.3) is 0 Å². The molecule has 3 atom stereocenters. The summed E-state index contributed by atoms with van der Waals surface area (Å²) < 4.78 is 23.7. The Labute approximate surface area is 392 Å². The van der Waals surface area contributed by atoms with Gasteiger partial charge < -0.3 is 19.8 Å². The van der Waals surface area contributed by atoms with E-state index in [-0.39, 0.29) is 19.1 Å². The number of phosphoric ester groups is 1. The van der Waals surface area contributed by atoms with Gasteiger partial charge in [-0.1, -0.05) is 264 Å². The van der Waals surface area contributed by atoms with E-state index in [1.165, 1.54) is 225 Å². The maximum absolute atomic E-state index is 13.0. The highest BCUT2D eigenvalue weighted by atomic mass is 31.2. The number of likely N-dealkylation sites (N-methyl/N-ethyl adjacent to an activating group) is 1. The first-order valence-electron chi connectivity index (χ1n) is 27.6. The minimum absolute atomic E-state index is 0.0650. The highest BCUT2D eigenvalue weighted by molar-refractivity contribution is 7.47. The molecular weight excluding hydrogens is 804 g/mol. The highest BCUT2D eigenvalue weighted by Gasteiger charge is 2.27. The molecule has 0 spiro atoms. The number of hydrogen-bond donors (Lipinski definition) is 3. The molecule has 0 aliphatic heterocycles. The molecule has 0 saturated carbocycles. The molecule has 0 heterocycles. The first kappa shape index (κ1) is 62.2. The predicted molar refractivity (Wildman–Crippen MR) is 272 cm³/mol. The van der Waals surface area contributed by atoms with Gasteiger partial charge in [-0.05, 0) is 19.3 Å². The smallest absolute Gasteiger partial charge is 0.387 e. The minimum Gasteiger partial charge on any atom is -0.387 e. The van der Waals surface area contributed by atoms with Crippen molar-refractivity contribution < 1.29 is 32.9 Å². The van der Waals surface area contributed by atoms with E-state index in [1.54, 1.807) is 6.08 Å². The Morgan fingerprint density at radius 1 is 0.524 bits per heavy atom. The first-order valence-corrected chi connectivity index (χ1v) is 29.1. The van der Waals surface area contributed by atoms with Crippen molar-refractivity contribution in [3.05, 3.63) is 12.2 Å². The molecule has 0 rings (SSSR count). The fourth-order valence-electron chi connectivity index (χ4n) is 8.40. The number of quaternary nitrogens is 1. The molecule has 0 aromatic heterocycles. The summed E-state index contributed by atoms with van der Waals surface area (Å²) in [6.07, 6.45) is 55.9. The number of carbonyl (C=O) groups is 1. The summed E-state index contributed by atoms with van der Waals surface area (Å²) in [4.78, 5) is 23.3. The Morgan fingerprint density at radius 3 is 1.17 bits per heavy atom. The molecule has 63 heavy (non-hydrogen) atoms. The number of amides is 1. The Bertz CT molecular complexity index is 1040. The van der Waals surface area contributed by atoms with Crippen LogP contribution in [0.3, 0.4) is 0 Å². The lowest BCUT2D eigenvalue weighted by atomic mass is 10.0. The van der Waals surface area contributed by atoms with Gasteiger partial charge >= 0.3 is 7.82 Å². The fourth-order valence-corrected chi connectivity index (χ4v) is 9.13. The van der Waals surface area contributed by atoms with Gasteiger partial charge in [0, 0.05) is 6.42 Å². The van der Waals surface area contributed by atoms with Crippen LogP contribution < -0.4 is 5.32 Å². The Balaban J connectivity index is 4.16. The highest BCUT2D eigenvalue weighted by Crippen LogP contribution is 2.43. The van der Waals surface area contributed by atoms with E-state index in [2.05, 4.69) is 19.2 Å². The molecule has 0 aliphatic carbocycles. The van der Waals surface area contributed by atoms with Crippen LogP contribution in [0.5, 0.6) is 0 Å². The van der Waals surface area contributed by atoms with Crippen LogP contribution in [-0.2, 0) is 18.4 Å². The van der Waals surface area contributed by atoms with Gasteiger partial charge in [-0.15, -0.1) is 0 Å². The Kier molecular flexibility index (Phi) is 45.8. The number of aliphatic hydroxyl groups excluding tert-OH is 1. The summed E-state index contributed by atoms with van der Waals surface area (Å²) >= 11 is 0. The Hall–Kier alpha value is -0.760. The molecule has 1 amide bonds. The number of nitrogens with zero attached hydrogens (tertiary/aromatic N) is 1. The summed E-state index contributed by atoms with van der Waals surface area (Å²) in [6.45, 7) is 4.86. The third kappa shape index (κ3) is 49.0. The van der Waals surface area contributed by atoms with Crippen molar-refractivity contribution in [1.29, 1.82) is 0 Å². The van der Waals surface area contributed by atoms with Crippen LogP contribution >= 0.6 is 7.82 Å². The summed E-state index contributed by atoms with van der Waals surface area (Å²) in [5, 5.41) is 13.9. The quantitative estimate of drug-likeness (QED) is 0.0243. The summed E-state index contributed by atoms with van der Waals surface area (Å²) in [5.41, 5.74) is 0. The van der Waals surface area contributed by atoms with E-state index in [0.29, 0.717) is 17.4 Å². The van der Waals surface area contributed by atoms with Gasteiger partial charge in [0.05, 0.1) is 39.9 Å². The van der Waals surface area contributed by atoms with Crippen molar-refractivity contribution in [3.63, 3.8) is 0 Å². The van der Waals surface area contributed by atoms with Crippen molar-refractivity contribution >= 4 is 13.7 Å². The molecule has 0 fully saturated rings. The van der Waals surface area contributed by atoms with E-state index in [0.717, 1.165) is 32.1 Å². The maximum Gasteiger partial charge on any atom is 0.472 e. The van der Waals surface area contributed by atoms with Gasteiger partial charge in [-0.25, -0.2) is 4.57 Å². The number of aliphatic hydroxyl groups is 1. The van der Waals surface area contributed by atoms with Crippen LogP contribution in [-0.4, -0.2) is 73.4 Å². The minimum atomic E-state index is -4.34. The second-order valence-corrected chi connectivity index (χ2v) is 21.8. The van der Waals surface area contributed by atoms with Crippen LogP contribution in [0, 0.1) is 0 Å². The number of unbranched alkanes of at least 4 members (excludes halogenated alkanes) is 38. The van der Waals surface area contributed by atoms with Gasteiger partial charge in [-0.3, -0.25) is 13.8 Å². The van der Waals surface area contributed by atoms with Crippen molar-refractivity contribution in [1.82, 2.24) is 5.32 Å². The van der Waals surface area contributed by atoms with Gasteiger partial charge in [0.2, 0.25) is 5.91 Å². The molecule has 9 heteroatoms. The second kappa shape index (κ2) is 46.4. The first-order chi connectivity index (χ1) is 30.5. The largest absolute Gasteiger partial charge is 0.472 e. The summed E-state index contributed by atoms with van der Waals surface area (Å²) in [6, 6.07) is -0.841. The number of rotatable bonds is 51. The average Bonchev–Trinajstić information content (AvgIpc) is 3.24. The van der Waals surface area contributed by atoms with Crippen LogP contribution in [0.15, 0.2) is 12.2 Å². The van der Waals surface area contributed by atoms with Gasteiger partial charge in [0.25, 0.3) is 0 Å². The van der Waals surface area contributed by atoms with E-state index in [9.17, 15) is 19.4 Å². The molecule has 0 aromatic carbocycles. The average molecular weight is 914 g/mol. The van der Waals surface area contributed by atoms with Crippen LogP contribution in [0.1, 0.15) is 277 Å². The molecule has 0 aromatic rings. The third-order valence-electron chi connectivity index (χ3n) is 12.8. The fraction of sp³-hybridized carbons (Fsp3) is 0.944. The molecule has 3 unspecified atom stereocenters. The molecule has 3 N–H and O–H groups in total. The number of phosphoric acid groups is 1. The van der Waals surface area contributed by atoms with E-state index < -0.39 is 20.0 Å². The van der Waals surface area contributed by atoms with Gasteiger partial charge in [0.15, 0.2) is 0 Å². The van der Waals surface area contributed by atoms with Crippen molar-refractivity contribution in [2.45, 2.75) is 289 Å². The normalized spacial score (nSPS) is 14.1. The predicted octanol–water partition coefficient (Wildman–Crippen LogP) is 16.3.